The molecule has 1 atom stereocenters. The van der Waals surface area contributed by atoms with E-state index in [1.807, 2.05) is 39.5 Å². The Hall–Kier alpha value is -0.650. The molecular formula is C13H26N2O3. The molecule has 1 amide bonds. The van der Waals surface area contributed by atoms with Gasteiger partial charge in [-0.05, 0) is 34.6 Å². The summed E-state index contributed by atoms with van der Waals surface area (Å²) in [6.07, 6.45) is 0. The summed E-state index contributed by atoms with van der Waals surface area (Å²) < 4.78 is 11.1. The molecule has 0 aromatic carbocycles. The van der Waals surface area contributed by atoms with Gasteiger partial charge >= 0.3 is 0 Å². The summed E-state index contributed by atoms with van der Waals surface area (Å²) in [5, 5.41) is 3.26. The number of hydrogen-bond donors (Lipinski definition) is 1. The van der Waals surface area contributed by atoms with Gasteiger partial charge in [-0.1, -0.05) is 0 Å². The van der Waals surface area contributed by atoms with Gasteiger partial charge in [0.05, 0.1) is 25.3 Å². The second-order valence-electron chi connectivity index (χ2n) is 5.12. The maximum atomic E-state index is 12.1. The van der Waals surface area contributed by atoms with Crippen molar-refractivity contribution in [3.05, 3.63) is 0 Å². The molecule has 1 rings (SSSR count). The monoisotopic (exact) mass is 258 g/mol. The summed E-state index contributed by atoms with van der Waals surface area (Å²) in [5.74, 6) is -0.380. The Morgan fingerprint density at radius 1 is 1.33 bits per heavy atom. The van der Waals surface area contributed by atoms with Gasteiger partial charge in [0, 0.05) is 13.1 Å². The molecule has 106 valence electrons. The predicted molar refractivity (Wildman–Crippen MR) is 70.3 cm³/mol. The molecule has 0 spiro atoms. The van der Waals surface area contributed by atoms with Gasteiger partial charge in [0.25, 0.3) is 0 Å². The maximum absolute atomic E-state index is 12.1. The zero-order valence-electron chi connectivity index (χ0n) is 12.2. The molecule has 0 bridgehead atoms. The molecule has 1 fully saturated rings. The van der Waals surface area contributed by atoms with E-state index < -0.39 is 5.79 Å². The van der Waals surface area contributed by atoms with Crippen molar-refractivity contribution in [3.8, 4) is 0 Å². The number of nitrogens with one attached hydrogen (secondary N) is 1. The van der Waals surface area contributed by atoms with Crippen LogP contribution in [0.2, 0.25) is 0 Å². The lowest BCUT2D eigenvalue weighted by molar-refractivity contribution is -0.253. The summed E-state index contributed by atoms with van der Waals surface area (Å²) in [7, 11) is 0. The van der Waals surface area contributed by atoms with E-state index in [0.717, 1.165) is 13.1 Å². The lowest BCUT2D eigenvalue weighted by atomic mass is 10.2. The van der Waals surface area contributed by atoms with Crippen LogP contribution in [0.5, 0.6) is 0 Å². The Bertz CT molecular complexity index is 267. The summed E-state index contributed by atoms with van der Waals surface area (Å²) >= 11 is 0. The van der Waals surface area contributed by atoms with Crippen molar-refractivity contribution in [3.63, 3.8) is 0 Å². The van der Waals surface area contributed by atoms with Crippen molar-refractivity contribution in [1.82, 2.24) is 10.2 Å². The highest BCUT2D eigenvalue weighted by Gasteiger charge is 2.30. The first-order chi connectivity index (χ1) is 8.39. The number of likely N-dealkylation sites (N-methyl/N-ethyl adjacent to an activating group) is 1. The minimum absolute atomic E-state index is 0.0764. The maximum Gasteiger partial charge on any atom is 0.239 e. The molecule has 1 heterocycles. The molecule has 1 aliphatic rings. The first kappa shape index (κ1) is 15.4. The van der Waals surface area contributed by atoms with E-state index >= 15 is 0 Å². The fourth-order valence-electron chi connectivity index (χ4n) is 2.02. The summed E-state index contributed by atoms with van der Waals surface area (Å²) in [4.78, 5) is 13.9. The molecule has 0 aliphatic carbocycles. The largest absolute Gasteiger partial charge is 0.349 e. The van der Waals surface area contributed by atoms with Gasteiger partial charge in [-0.25, -0.2) is 0 Å². The van der Waals surface area contributed by atoms with E-state index in [1.165, 1.54) is 0 Å². The van der Waals surface area contributed by atoms with Crippen LogP contribution in [0.3, 0.4) is 0 Å². The van der Waals surface area contributed by atoms with Gasteiger partial charge in [0.15, 0.2) is 5.79 Å². The van der Waals surface area contributed by atoms with Gasteiger partial charge < -0.3 is 14.4 Å². The summed E-state index contributed by atoms with van der Waals surface area (Å²) in [6.45, 7) is 12.3. The van der Waals surface area contributed by atoms with Crippen molar-refractivity contribution >= 4 is 5.91 Å². The van der Waals surface area contributed by atoms with Gasteiger partial charge in [0.2, 0.25) is 5.91 Å². The number of amides is 1. The van der Waals surface area contributed by atoms with Crippen LogP contribution in [0.25, 0.3) is 0 Å². The molecule has 1 N–H and O–H groups in total. The molecule has 18 heavy (non-hydrogen) atoms. The second-order valence-corrected chi connectivity index (χ2v) is 5.12. The van der Waals surface area contributed by atoms with E-state index in [4.69, 9.17) is 9.47 Å². The van der Waals surface area contributed by atoms with Gasteiger partial charge in [-0.2, -0.15) is 0 Å². The Morgan fingerprint density at radius 3 is 2.28 bits per heavy atom. The number of ether oxygens (including phenoxy) is 2. The summed E-state index contributed by atoms with van der Waals surface area (Å²) in [5.41, 5.74) is 0. The zero-order chi connectivity index (χ0) is 13.8. The molecule has 5 nitrogen and oxygen atoms in total. The Morgan fingerprint density at radius 2 is 1.83 bits per heavy atom. The van der Waals surface area contributed by atoms with Crippen molar-refractivity contribution < 1.29 is 14.3 Å². The Balaban J connectivity index is 2.41. The second kappa shape index (κ2) is 6.50. The highest BCUT2D eigenvalue weighted by Crippen LogP contribution is 2.17. The minimum Gasteiger partial charge on any atom is -0.349 e. The number of nitrogens with zero attached hydrogens (tertiary/aromatic N) is 1. The topological polar surface area (TPSA) is 50.8 Å². The van der Waals surface area contributed by atoms with Crippen LogP contribution in [0.4, 0.5) is 0 Å². The first-order valence-corrected chi connectivity index (χ1v) is 6.72. The third kappa shape index (κ3) is 4.23. The Labute approximate surface area is 110 Å². The van der Waals surface area contributed by atoms with E-state index in [1.54, 1.807) is 0 Å². The molecule has 1 saturated heterocycles. The van der Waals surface area contributed by atoms with Crippen LogP contribution >= 0.6 is 0 Å². The molecule has 1 unspecified atom stereocenters. The highest BCUT2D eigenvalue weighted by atomic mass is 16.7. The number of carbonyl (C=O) groups is 1. The number of hydrogen-bond acceptors (Lipinski definition) is 4. The lowest BCUT2D eigenvalue weighted by Crippen LogP contribution is -2.54. The minimum atomic E-state index is -0.510. The first-order valence-electron chi connectivity index (χ1n) is 6.72. The van der Waals surface area contributed by atoms with Crippen LogP contribution < -0.4 is 5.32 Å². The Kier molecular flexibility index (Phi) is 5.56. The van der Waals surface area contributed by atoms with Crippen LogP contribution in [-0.4, -0.2) is 55.0 Å². The normalized spacial score (nSPS) is 21.6. The molecule has 1 aliphatic heterocycles. The third-order valence-electron chi connectivity index (χ3n) is 3.20. The number of rotatable bonds is 5. The predicted octanol–water partition coefficient (Wildman–Crippen LogP) is 0.984. The van der Waals surface area contributed by atoms with Crippen molar-refractivity contribution in [2.75, 3.05) is 26.3 Å². The van der Waals surface area contributed by atoms with E-state index in [-0.39, 0.29) is 18.0 Å². The average molecular weight is 258 g/mol. The van der Waals surface area contributed by atoms with Gasteiger partial charge in [-0.3, -0.25) is 10.1 Å². The molecule has 0 saturated carbocycles. The van der Waals surface area contributed by atoms with Crippen molar-refractivity contribution in [2.24, 2.45) is 0 Å². The van der Waals surface area contributed by atoms with Crippen LogP contribution in [0.15, 0.2) is 0 Å². The van der Waals surface area contributed by atoms with Crippen LogP contribution in [-0.2, 0) is 14.3 Å². The average Bonchev–Trinajstić information content (AvgIpc) is 2.33. The van der Waals surface area contributed by atoms with E-state index in [2.05, 4.69) is 5.32 Å². The third-order valence-corrected chi connectivity index (χ3v) is 3.20. The highest BCUT2D eigenvalue weighted by molar-refractivity contribution is 5.81. The molecule has 0 radical (unpaired) electrons. The molecular weight excluding hydrogens is 232 g/mol. The lowest BCUT2D eigenvalue weighted by Gasteiger charge is -2.36. The van der Waals surface area contributed by atoms with Crippen molar-refractivity contribution in [2.45, 2.75) is 52.5 Å². The summed E-state index contributed by atoms with van der Waals surface area (Å²) in [6, 6.07) is -0.129. The fraction of sp³-hybridized carbons (Fsp3) is 0.923. The fourth-order valence-corrected chi connectivity index (χ4v) is 2.02. The zero-order valence-corrected chi connectivity index (χ0v) is 12.2. The standard InChI is InChI=1S/C13H26N2O3/c1-6-15(7-2)12(16)10(3)14-11-8-17-13(4,5)18-9-11/h10-11,14H,6-9H2,1-5H3. The molecule has 5 heteroatoms. The molecule has 0 aromatic heterocycles. The number of carbonyl (C=O) groups excluding carboxylic acids is 1. The van der Waals surface area contributed by atoms with E-state index in [9.17, 15) is 4.79 Å². The quantitative estimate of drug-likeness (QED) is 0.799. The SMILES string of the molecule is CCN(CC)C(=O)C(C)NC1COC(C)(C)OC1. The van der Waals surface area contributed by atoms with Gasteiger partial charge in [0.1, 0.15) is 0 Å². The van der Waals surface area contributed by atoms with Crippen LogP contribution in [0.1, 0.15) is 34.6 Å². The molecule has 0 aromatic rings. The van der Waals surface area contributed by atoms with Gasteiger partial charge in [-0.15, -0.1) is 0 Å². The van der Waals surface area contributed by atoms with Crippen molar-refractivity contribution in [1.29, 1.82) is 0 Å². The smallest absolute Gasteiger partial charge is 0.239 e. The van der Waals surface area contributed by atoms with E-state index in [0.29, 0.717) is 13.2 Å². The van der Waals surface area contributed by atoms with Crippen LogP contribution in [0, 0.1) is 0 Å².